The molecular formula is C35H57NO6. The van der Waals surface area contributed by atoms with E-state index >= 15 is 0 Å². The van der Waals surface area contributed by atoms with Crippen molar-refractivity contribution in [2.75, 3.05) is 19.7 Å². The Morgan fingerprint density at radius 2 is 1.83 bits per heavy atom. The van der Waals surface area contributed by atoms with Gasteiger partial charge in [-0.25, -0.2) is 0 Å². The molecule has 8 unspecified atom stereocenters. The van der Waals surface area contributed by atoms with Gasteiger partial charge in [-0.05, 0) is 123 Å². The molecule has 2 spiro atoms. The predicted molar refractivity (Wildman–Crippen MR) is 159 cm³/mol. The van der Waals surface area contributed by atoms with Gasteiger partial charge in [0.1, 0.15) is 0 Å². The van der Waals surface area contributed by atoms with Crippen molar-refractivity contribution >= 4 is 5.97 Å². The number of rotatable bonds is 5. The second kappa shape index (κ2) is 9.88. The molecule has 2 aliphatic heterocycles. The maximum Gasteiger partial charge on any atom is 0.303 e. The van der Waals surface area contributed by atoms with Gasteiger partial charge in [0.25, 0.3) is 0 Å². The van der Waals surface area contributed by atoms with Gasteiger partial charge in [-0.2, -0.15) is 0 Å². The Hall–Kier alpha value is -0.730. The lowest BCUT2D eigenvalue weighted by molar-refractivity contribution is -0.232. The third-order valence-electron chi connectivity index (χ3n) is 14.4. The van der Waals surface area contributed by atoms with E-state index in [4.69, 9.17) is 18.9 Å². The Morgan fingerprint density at radius 1 is 1.05 bits per heavy atom. The number of esters is 1. The fourth-order valence-corrected chi connectivity index (χ4v) is 12.9. The van der Waals surface area contributed by atoms with Crippen molar-refractivity contribution in [1.29, 1.82) is 0 Å². The minimum atomic E-state index is -1.14. The van der Waals surface area contributed by atoms with Gasteiger partial charge >= 0.3 is 5.97 Å². The van der Waals surface area contributed by atoms with Crippen LogP contribution in [0.2, 0.25) is 0 Å². The van der Waals surface area contributed by atoms with E-state index in [1.807, 2.05) is 0 Å². The van der Waals surface area contributed by atoms with Crippen LogP contribution in [0.5, 0.6) is 0 Å². The second-order valence-electron chi connectivity index (χ2n) is 17.2. The quantitative estimate of drug-likeness (QED) is 0.413. The Labute approximate surface area is 253 Å². The molecule has 0 amide bonds. The molecule has 7 nitrogen and oxygen atoms in total. The highest BCUT2D eigenvalue weighted by atomic mass is 16.7. The highest BCUT2D eigenvalue weighted by Crippen LogP contribution is 2.87. The van der Waals surface area contributed by atoms with E-state index in [-0.39, 0.29) is 36.0 Å². The van der Waals surface area contributed by atoms with Crippen molar-refractivity contribution in [3.8, 4) is 0 Å². The summed E-state index contributed by atoms with van der Waals surface area (Å²) in [6.45, 7) is 17.4. The molecule has 7 fully saturated rings. The lowest BCUT2D eigenvalue weighted by Crippen LogP contribution is -2.56. The number of nitrogens with one attached hydrogen (secondary N) is 1. The van der Waals surface area contributed by atoms with Crippen LogP contribution in [-0.2, 0) is 23.7 Å². The van der Waals surface area contributed by atoms with Crippen LogP contribution in [0.1, 0.15) is 106 Å². The van der Waals surface area contributed by atoms with E-state index < -0.39 is 11.7 Å². The molecule has 238 valence electrons. The highest BCUT2D eigenvalue weighted by molar-refractivity contribution is 5.66. The number of hydrogen-bond donors (Lipinski definition) is 2. The summed E-state index contributed by atoms with van der Waals surface area (Å²) in [5.74, 6) is 2.86. The summed E-state index contributed by atoms with van der Waals surface area (Å²) >= 11 is 0. The van der Waals surface area contributed by atoms with Crippen molar-refractivity contribution in [2.45, 2.75) is 143 Å². The van der Waals surface area contributed by atoms with E-state index in [1.165, 1.54) is 45.4 Å². The minimum Gasteiger partial charge on any atom is -0.457 e. The van der Waals surface area contributed by atoms with Crippen LogP contribution in [0.15, 0.2) is 0 Å². The van der Waals surface area contributed by atoms with Crippen molar-refractivity contribution in [1.82, 2.24) is 5.32 Å². The van der Waals surface area contributed by atoms with Gasteiger partial charge in [0.05, 0.1) is 30.5 Å². The van der Waals surface area contributed by atoms with E-state index in [0.717, 1.165) is 50.8 Å². The largest absolute Gasteiger partial charge is 0.457 e. The molecule has 2 heterocycles. The summed E-state index contributed by atoms with van der Waals surface area (Å²) in [6.07, 6.45) is 10.6. The number of carbonyl (C=O) groups excluding carboxylic acids is 1. The van der Waals surface area contributed by atoms with Crippen molar-refractivity contribution in [2.24, 2.45) is 51.2 Å². The molecule has 0 bridgehead atoms. The van der Waals surface area contributed by atoms with E-state index in [9.17, 15) is 9.90 Å². The first-order valence-corrected chi connectivity index (χ1v) is 17.3. The first-order chi connectivity index (χ1) is 19.7. The summed E-state index contributed by atoms with van der Waals surface area (Å²) in [6, 6.07) is 0. The number of fused-ring (bicyclic) bond motifs is 4. The molecule has 0 radical (unpaired) electrons. The van der Waals surface area contributed by atoms with Crippen LogP contribution in [0.4, 0.5) is 0 Å². The molecule has 5 aliphatic carbocycles. The zero-order valence-electron chi connectivity index (χ0n) is 27.2. The van der Waals surface area contributed by atoms with Crippen LogP contribution < -0.4 is 5.32 Å². The predicted octanol–water partition coefficient (Wildman–Crippen LogP) is 5.47. The zero-order chi connectivity index (χ0) is 29.9. The average molecular weight is 588 g/mol. The molecular weight excluding hydrogens is 530 g/mol. The Morgan fingerprint density at radius 3 is 2.52 bits per heavy atom. The molecule has 7 rings (SSSR count). The van der Waals surface area contributed by atoms with Crippen molar-refractivity contribution < 1.29 is 28.8 Å². The monoisotopic (exact) mass is 587 g/mol. The fourth-order valence-electron chi connectivity index (χ4n) is 12.9. The number of aliphatic hydroxyl groups is 1. The fraction of sp³-hybridized carbons (Fsp3) is 0.971. The third kappa shape index (κ3) is 4.25. The molecule has 0 aromatic carbocycles. The van der Waals surface area contributed by atoms with Crippen LogP contribution in [0, 0.1) is 51.2 Å². The smallest absolute Gasteiger partial charge is 0.303 e. The molecule has 5 saturated carbocycles. The minimum absolute atomic E-state index is 0.110. The van der Waals surface area contributed by atoms with Gasteiger partial charge < -0.3 is 29.4 Å². The molecule has 0 aromatic rings. The van der Waals surface area contributed by atoms with E-state index in [1.54, 1.807) is 13.8 Å². The van der Waals surface area contributed by atoms with Gasteiger partial charge in [-0.1, -0.05) is 27.7 Å². The van der Waals surface area contributed by atoms with Gasteiger partial charge in [-0.15, -0.1) is 0 Å². The summed E-state index contributed by atoms with van der Waals surface area (Å²) in [5.41, 5.74) is 0.293. The first kappa shape index (κ1) is 30.0. The normalized spacial score (nSPS) is 51.7. The number of hydrogen-bond acceptors (Lipinski definition) is 7. The highest BCUT2D eigenvalue weighted by Gasteiger charge is 2.81. The topological polar surface area (TPSA) is 86.3 Å². The van der Waals surface area contributed by atoms with Crippen molar-refractivity contribution in [3.63, 3.8) is 0 Å². The van der Waals surface area contributed by atoms with E-state index in [2.05, 4.69) is 33.0 Å². The second-order valence-corrected chi connectivity index (χ2v) is 17.2. The number of carbonyl (C=O) groups is 1. The SMILES string of the molecule is CC(=O)O[C@@H](C1C[C@@H](C)[C@H]2C(CC3C4CCC5C(C)(C)[C@@H](OC6CNCCO6)CCC56C[C@@]46CCC32C)O1)C(C)(C)O. The van der Waals surface area contributed by atoms with Gasteiger partial charge in [0, 0.05) is 20.0 Å². The number of ether oxygens (including phenoxy) is 4. The van der Waals surface area contributed by atoms with E-state index in [0.29, 0.717) is 34.0 Å². The molecule has 7 aliphatic rings. The molecule has 13 atom stereocenters. The molecule has 2 saturated heterocycles. The summed E-state index contributed by atoms with van der Waals surface area (Å²) < 4.78 is 25.3. The van der Waals surface area contributed by atoms with Gasteiger partial charge in [-0.3, -0.25) is 4.79 Å². The van der Waals surface area contributed by atoms with Crippen LogP contribution >= 0.6 is 0 Å². The summed E-state index contributed by atoms with van der Waals surface area (Å²) in [7, 11) is 0. The van der Waals surface area contributed by atoms with Crippen LogP contribution in [-0.4, -0.2) is 67.1 Å². The molecule has 2 N–H and O–H groups in total. The zero-order valence-corrected chi connectivity index (χ0v) is 27.2. The standard InChI is InChI=1S/C35H57NO6/c1-20-16-25(30(32(5,6)38)40-21(2)37)41-24-17-23-22-8-9-26-31(3,4)27(42-28-18-36-14-15-39-28)10-11-35(26)19-34(22,35)13-12-33(23,7)29(20)24/h20,22-30,36,38H,8-19H2,1-7H3/t20-,22?,23?,24?,25?,26?,27+,28?,29+,30+,33?,34+,35?/m1/s1. The number of morpholine rings is 1. The van der Waals surface area contributed by atoms with Crippen LogP contribution in [0.25, 0.3) is 0 Å². The Balaban J connectivity index is 1.10. The maximum atomic E-state index is 12.0. The Kier molecular flexibility index (Phi) is 7.05. The van der Waals surface area contributed by atoms with Crippen molar-refractivity contribution in [3.05, 3.63) is 0 Å². The molecule has 0 aromatic heterocycles. The lowest BCUT2D eigenvalue weighted by Gasteiger charge is -2.60. The molecule has 7 heteroatoms. The Bertz CT molecular complexity index is 1070. The maximum absolute atomic E-state index is 12.0. The average Bonchev–Trinajstić information content (AvgIpc) is 3.48. The summed E-state index contributed by atoms with van der Waals surface area (Å²) in [4.78, 5) is 12.0. The van der Waals surface area contributed by atoms with Crippen LogP contribution in [0.3, 0.4) is 0 Å². The summed E-state index contributed by atoms with van der Waals surface area (Å²) in [5, 5.41) is 14.4. The lowest BCUT2D eigenvalue weighted by atomic mass is 9.46. The van der Waals surface area contributed by atoms with Gasteiger partial charge in [0.2, 0.25) is 0 Å². The first-order valence-electron chi connectivity index (χ1n) is 17.3. The van der Waals surface area contributed by atoms with Gasteiger partial charge in [0.15, 0.2) is 12.4 Å². The molecule has 42 heavy (non-hydrogen) atoms. The third-order valence-corrected chi connectivity index (χ3v) is 14.4.